The molecule has 9 heteroatoms. The topological polar surface area (TPSA) is 100 Å². The third kappa shape index (κ3) is 4.75. The predicted molar refractivity (Wildman–Crippen MR) is 134 cm³/mol. The van der Waals surface area contributed by atoms with Crippen LogP contribution in [0.1, 0.15) is 31.9 Å². The lowest BCUT2D eigenvalue weighted by atomic mass is 9.75. The molecule has 190 valence electrons. The van der Waals surface area contributed by atoms with E-state index in [9.17, 15) is 14.4 Å². The van der Waals surface area contributed by atoms with Gasteiger partial charge in [-0.1, -0.05) is 30.3 Å². The Morgan fingerprint density at radius 3 is 2.47 bits per heavy atom. The summed E-state index contributed by atoms with van der Waals surface area (Å²) >= 11 is 0. The lowest BCUT2D eigenvalue weighted by molar-refractivity contribution is -0.134. The van der Waals surface area contributed by atoms with E-state index in [-0.39, 0.29) is 36.2 Å². The minimum Gasteiger partial charge on any atom is -0.486 e. The van der Waals surface area contributed by atoms with Crippen molar-refractivity contribution in [1.29, 1.82) is 0 Å². The van der Waals surface area contributed by atoms with Gasteiger partial charge in [-0.25, -0.2) is 0 Å². The summed E-state index contributed by atoms with van der Waals surface area (Å²) in [5.74, 6) is 1.03. The van der Waals surface area contributed by atoms with Crippen LogP contribution in [-0.2, 0) is 14.4 Å². The molecular formula is C27H32N4O5. The molecular weight excluding hydrogens is 460 g/mol. The van der Waals surface area contributed by atoms with E-state index in [0.29, 0.717) is 50.0 Å². The number of likely N-dealkylation sites (tertiary alicyclic amines) is 2. The number of nitrogens with zero attached hydrogens (tertiary/aromatic N) is 2. The highest BCUT2D eigenvalue weighted by atomic mass is 16.6. The molecule has 3 amide bonds. The third-order valence-electron chi connectivity index (χ3n) is 7.34. The number of carbonyl (C=O) groups is 3. The Labute approximate surface area is 210 Å². The highest BCUT2D eigenvalue weighted by Gasteiger charge is 2.56. The van der Waals surface area contributed by atoms with E-state index < -0.39 is 5.54 Å². The number of anilines is 1. The SMILES string of the molecule is CC(=O)N[C@@]12CN(C(C)=O)CC[C@@H]1[C@@H](c1ccccc1)N(CC(=O)Nc1ccc3c(c1)OCCO3)C2. The summed E-state index contributed by atoms with van der Waals surface area (Å²) in [6.45, 7) is 5.71. The average molecular weight is 493 g/mol. The van der Waals surface area contributed by atoms with Gasteiger partial charge in [0.25, 0.3) is 0 Å². The van der Waals surface area contributed by atoms with Crippen molar-refractivity contribution in [2.24, 2.45) is 5.92 Å². The van der Waals surface area contributed by atoms with Gasteiger partial charge in [-0.05, 0) is 24.1 Å². The van der Waals surface area contributed by atoms with Crippen molar-refractivity contribution in [2.75, 3.05) is 44.7 Å². The van der Waals surface area contributed by atoms with Gasteiger partial charge in [0.2, 0.25) is 17.7 Å². The molecule has 0 aliphatic carbocycles. The van der Waals surface area contributed by atoms with Crippen LogP contribution in [0.5, 0.6) is 11.5 Å². The summed E-state index contributed by atoms with van der Waals surface area (Å²) in [5.41, 5.74) is 1.10. The average Bonchev–Trinajstić information content (AvgIpc) is 3.15. The van der Waals surface area contributed by atoms with E-state index in [1.807, 2.05) is 18.2 Å². The molecule has 0 spiro atoms. The lowest BCUT2D eigenvalue weighted by Crippen LogP contribution is -2.64. The van der Waals surface area contributed by atoms with Gasteiger partial charge in [0.15, 0.2) is 11.5 Å². The highest BCUT2D eigenvalue weighted by molar-refractivity contribution is 5.92. The number of rotatable bonds is 5. The predicted octanol–water partition coefficient (Wildman–Crippen LogP) is 2.20. The largest absolute Gasteiger partial charge is 0.486 e. The standard InChI is InChI=1S/C27H32N4O5/c1-18(32)29-27-16-30(19(2)33)11-10-22(27)26(20-6-4-3-5-7-20)31(17-27)15-25(34)28-21-8-9-23-24(14-21)36-13-12-35-23/h3-9,14,22,26H,10-13,15-17H2,1-2H3,(H,28,34)(H,29,32)/t22-,26-,27-/m1/s1. The summed E-state index contributed by atoms with van der Waals surface area (Å²) in [6.07, 6.45) is 0.736. The molecule has 3 heterocycles. The van der Waals surface area contributed by atoms with Gasteiger partial charge in [0.05, 0.1) is 12.1 Å². The van der Waals surface area contributed by atoms with E-state index >= 15 is 0 Å². The van der Waals surface area contributed by atoms with Crippen LogP contribution in [0.15, 0.2) is 48.5 Å². The third-order valence-corrected chi connectivity index (χ3v) is 7.34. The number of fused-ring (bicyclic) bond motifs is 2. The fourth-order valence-electron chi connectivity index (χ4n) is 6.00. The molecule has 2 fully saturated rings. The van der Waals surface area contributed by atoms with Crippen LogP contribution < -0.4 is 20.1 Å². The molecule has 36 heavy (non-hydrogen) atoms. The van der Waals surface area contributed by atoms with Crippen LogP contribution in [0.4, 0.5) is 5.69 Å². The van der Waals surface area contributed by atoms with E-state index in [4.69, 9.17) is 9.47 Å². The number of amides is 3. The molecule has 0 bridgehead atoms. The van der Waals surface area contributed by atoms with Gasteiger partial charge in [-0.2, -0.15) is 0 Å². The number of carbonyl (C=O) groups excluding carboxylic acids is 3. The summed E-state index contributed by atoms with van der Waals surface area (Å²) in [5, 5.41) is 6.18. The van der Waals surface area contributed by atoms with Crippen molar-refractivity contribution in [1.82, 2.24) is 15.1 Å². The van der Waals surface area contributed by atoms with E-state index in [2.05, 4.69) is 27.7 Å². The molecule has 0 aromatic heterocycles. The first kappa shape index (κ1) is 24.1. The number of ether oxygens (including phenoxy) is 2. The van der Waals surface area contributed by atoms with Crippen molar-refractivity contribution in [3.05, 3.63) is 54.1 Å². The van der Waals surface area contributed by atoms with Crippen molar-refractivity contribution < 1.29 is 23.9 Å². The molecule has 9 nitrogen and oxygen atoms in total. The number of benzene rings is 2. The van der Waals surface area contributed by atoms with Crippen molar-refractivity contribution in [3.8, 4) is 11.5 Å². The molecule has 3 aliphatic heterocycles. The van der Waals surface area contributed by atoms with E-state index in [1.54, 1.807) is 30.0 Å². The smallest absolute Gasteiger partial charge is 0.238 e. The van der Waals surface area contributed by atoms with Crippen molar-refractivity contribution in [3.63, 3.8) is 0 Å². The maximum absolute atomic E-state index is 13.2. The Bertz CT molecular complexity index is 1160. The van der Waals surface area contributed by atoms with E-state index in [1.165, 1.54) is 6.92 Å². The second-order valence-electron chi connectivity index (χ2n) is 9.84. The number of nitrogens with one attached hydrogen (secondary N) is 2. The molecule has 0 unspecified atom stereocenters. The number of hydrogen-bond donors (Lipinski definition) is 2. The van der Waals surface area contributed by atoms with Gasteiger partial charge in [0.1, 0.15) is 13.2 Å². The molecule has 5 rings (SSSR count). The van der Waals surface area contributed by atoms with Gasteiger partial charge in [-0.3, -0.25) is 19.3 Å². The summed E-state index contributed by atoms with van der Waals surface area (Å²) in [4.78, 5) is 41.7. The maximum Gasteiger partial charge on any atom is 0.238 e. The Morgan fingerprint density at radius 2 is 1.75 bits per heavy atom. The quantitative estimate of drug-likeness (QED) is 0.664. The van der Waals surface area contributed by atoms with Gasteiger partial charge in [-0.15, -0.1) is 0 Å². The zero-order valence-electron chi connectivity index (χ0n) is 20.7. The summed E-state index contributed by atoms with van der Waals surface area (Å²) < 4.78 is 11.2. The van der Waals surface area contributed by atoms with Crippen LogP contribution in [0.3, 0.4) is 0 Å². The molecule has 3 aliphatic rings. The Balaban J connectivity index is 1.41. The van der Waals surface area contributed by atoms with Crippen molar-refractivity contribution in [2.45, 2.75) is 31.8 Å². The van der Waals surface area contributed by atoms with Crippen LogP contribution in [0.25, 0.3) is 0 Å². The minimum atomic E-state index is -0.631. The number of hydrogen-bond acceptors (Lipinski definition) is 6. The first-order chi connectivity index (χ1) is 17.3. The Kier molecular flexibility index (Phi) is 6.57. The number of piperidine rings is 1. The monoisotopic (exact) mass is 492 g/mol. The molecule has 0 saturated carbocycles. The molecule has 0 radical (unpaired) electrons. The summed E-state index contributed by atoms with van der Waals surface area (Å²) in [6, 6.07) is 15.4. The van der Waals surface area contributed by atoms with Crippen molar-refractivity contribution >= 4 is 23.4 Å². The van der Waals surface area contributed by atoms with Crippen LogP contribution in [0, 0.1) is 5.92 Å². The Morgan fingerprint density at radius 1 is 1.00 bits per heavy atom. The fraction of sp³-hybridized carbons (Fsp3) is 0.444. The van der Waals surface area contributed by atoms with Crippen LogP contribution >= 0.6 is 0 Å². The van der Waals surface area contributed by atoms with Gasteiger partial charge in [0, 0.05) is 57.2 Å². The second-order valence-corrected chi connectivity index (χ2v) is 9.84. The summed E-state index contributed by atoms with van der Waals surface area (Å²) in [7, 11) is 0. The van der Waals surface area contributed by atoms with Gasteiger partial charge >= 0.3 is 0 Å². The van der Waals surface area contributed by atoms with E-state index in [0.717, 1.165) is 12.0 Å². The highest BCUT2D eigenvalue weighted by Crippen LogP contribution is 2.47. The fourth-order valence-corrected chi connectivity index (χ4v) is 6.00. The minimum absolute atomic E-state index is 0.00996. The zero-order chi connectivity index (χ0) is 25.3. The van der Waals surface area contributed by atoms with Gasteiger partial charge < -0.3 is 25.0 Å². The lowest BCUT2D eigenvalue weighted by Gasteiger charge is -2.45. The second kappa shape index (κ2) is 9.81. The Hall–Kier alpha value is -3.59. The molecule has 2 N–H and O–H groups in total. The molecule has 2 aromatic rings. The molecule has 2 aromatic carbocycles. The first-order valence-electron chi connectivity index (χ1n) is 12.4. The molecule has 3 atom stereocenters. The normalized spacial score (nSPS) is 25.1. The molecule has 2 saturated heterocycles. The van der Waals surface area contributed by atoms with Crippen LogP contribution in [0.2, 0.25) is 0 Å². The zero-order valence-corrected chi connectivity index (χ0v) is 20.7. The maximum atomic E-state index is 13.2. The first-order valence-corrected chi connectivity index (χ1v) is 12.4. The van der Waals surface area contributed by atoms with Crippen LogP contribution in [-0.4, -0.2) is 72.5 Å².